The van der Waals surface area contributed by atoms with E-state index in [0.717, 1.165) is 44.3 Å². The van der Waals surface area contributed by atoms with Crippen molar-refractivity contribution in [2.24, 2.45) is 0 Å². The number of aromatic nitrogens is 3. The lowest BCUT2D eigenvalue weighted by atomic mass is 9.84. The Kier molecular flexibility index (Phi) is 15.1. The SMILES string of the molecule is COCCOCCOCCn1c(/C=C/c2ccnc3ccccc23)ccc1C1=C(O)/C(=C2/C=CC(/C=C/c3ccnc4ccccc34)=[N+]2CCOCCOCCOC)C1=O. The third-order valence-electron chi connectivity index (χ3n) is 10.2. The summed E-state index contributed by atoms with van der Waals surface area (Å²) in [6, 6.07) is 23.8. The van der Waals surface area contributed by atoms with Gasteiger partial charge in [-0.2, -0.15) is 4.58 Å². The second-order valence-corrected chi connectivity index (χ2v) is 14.0. The predicted molar refractivity (Wildman–Crippen MR) is 234 cm³/mol. The summed E-state index contributed by atoms with van der Waals surface area (Å²) in [4.78, 5) is 23.3. The number of aliphatic hydroxyl groups excluding tert-OH is 1. The molecule has 60 heavy (non-hydrogen) atoms. The number of ketones is 1. The van der Waals surface area contributed by atoms with Crippen molar-refractivity contribution in [3.63, 3.8) is 0 Å². The van der Waals surface area contributed by atoms with E-state index < -0.39 is 0 Å². The van der Waals surface area contributed by atoms with Crippen LogP contribution in [0.4, 0.5) is 0 Å². The zero-order chi connectivity index (χ0) is 41.5. The van der Waals surface area contributed by atoms with Crippen molar-refractivity contribution in [3.05, 3.63) is 143 Å². The molecule has 2 aromatic carbocycles. The Hall–Kier alpha value is -5.86. The third-order valence-corrected chi connectivity index (χ3v) is 10.2. The van der Waals surface area contributed by atoms with Gasteiger partial charge in [0.15, 0.2) is 6.54 Å². The molecular formula is C48H51N4O8+. The van der Waals surface area contributed by atoms with Crippen LogP contribution in [0.3, 0.4) is 0 Å². The molecule has 1 aliphatic carbocycles. The van der Waals surface area contributed by atoms with Crippen LogP contribution in [0.2, 0.25) is 0 Å². The minimum atomic E-state index is -0.238. The molecule has 5 aromatic rings. The molecule has 0 spiro atoms. The quantitative estimate of drug-likeness (QED) is 0.0421. The molecule has 0 fully saturated rings. The van der Waals surface area contributed by atoms with E-state index in [-0.39, 0.29) is 22.7 Å². The normalized spacial score (nSPS) is 15.6. The number of carbonyl (C=O) groups excluding carboxylic acids is 1. The lowest BCUT2D eigenvalue weighted by molar-refractivity contribution is -0.472. The van der Waals surface area contributed by atoms with E-state index in [4.69, 9.17) is 28.4 Å². The summed E-state index contributed by atoms with van der Waals surface area (Å²) >= 11 is 0. The molecule has 3 aromatic heterocycles. The first-order chi connectivity index (χ1) is 29.6. The van der Waals surface area contributed by atoms with Crippen LogP contribution in [0, 0.1) is 0 Å². The first-order valence-electron chi connectivity index (χ1n) is 20.2. The molecule has 0 atom stereocenters. The largest absolute Gasteiger partial charge is 0.506 e. The Morgan fingerprint density at radius 3 is 1.80 bits per heavy atom. The highest BCUT2D eigenvalue weighted by Crippen LogP contribution is 2.40. The van der Waals surface area contributed by atoms with Gasteiger partial charge in [-0.3, -0.25) is 14.8 Å². The number of rotatable bonds is 23. The number of para-hydroxylation sites is 2. The number of allylic oxidation sites excluding steroid dienone is 5. The van der Waals surface area contributed by atoms with Gasteiger partial charge in [0.05, 0.1) is 81.8 Å². The van der Waals surface area contributed by atoms with E-state index in [9.17, 15) is 9.90 Å². The van der Waals surface area contributed by atoms with E-state index in [1.54, 1.807) is 26.6 Å². The number of carbonyl (C=O) groups is 1. The van der Waals surface area contributed by atoms with Crippen LogP contribution >= 0.6 is 0 Å². The van der Waals surface area contributed by atoms with Crippen molar-refractivity contribution in [2.45, 2.75) is 6.54 Å². The minimum Gasteiger partial charge on any atom is -0.506 e. The highest BCUT2D eigenvalue weighted by Gasteiger charge is 2.43. The van der Waals surface area contributed by atoms with Crippen molar-refractivity contribution in [2.75, 3.05) is 86.8 Å². The van der Waals surface area contributed by atoms with Gasteiger partial charge in [-0.1, -0.05) is 42.5 Å². The van der Waals surface area contributed by atoms with E-state index in [1.165, 1.54) is 0 Å². The van der Waals surface area contributed by atoms with Crippen LogP contribution in [0.1, 0.15) is 22.5 Å². The maximum atomic E-state index is 14.3. The number of hydrogen-bond donors (Lipinski definition) is 1. The molecule has 4 heterocycles. The van der Waals surface area contributed by atoms with Crippen LogP contribution < -0.4 is 0 Å². The number of methoxy groups -OCH3 is 2. The molecule has 0 saturated carbocycles. The highest BCUT2D eigenvalue weighted by molar-refractivity contribution is 6.39. The fourth-order valence-electron chi connectivity index (χ4n) is 7.19. The first-order valence-corrected chi connectivity index (χ1v) is 20.2. The summed E-state index contributed by atoms with van der Waals surface area (Å²) in [7, 11) is 3.27. The van der Waals surface area contributed by atoms with Crippen molar-refractivity contribution in [1.82, 2.24) is 14.5 Å². The van der Waals surface area contributed by atoms with E-state index in [0.29, 0.717) is 90.5 Å². The van der Waals surface area contributed by atoms with E-state index in [1.807, 2.05) is 118 Å². The van der Waals surface area contributed by atoms with Crippen molar-refractivity contribution < 1.29 is 42.9 Å². The average Bonchev–Trinajstić information content (AvgIpc) is 3.86. The number of ether oxygens (including phenoxy) is 6. The van der Waals surface area contributed by atoms with E-state index in [2.05, 4.69) is 9.97 Å². The minimum absolute atomic E-state index is 0.0510. The summed E-state index contributed by atoms with van der Waals surface area (Å²) < 4.78 is 37.1. The molecule has 0 saturated heterocycles. The standard InChI is InChI=1S/C48H50N4O8/c1-55-27-29-59-33-31-57-25-23-51-37(13-11-35-19-21-49-41-9-5-3-7-39(35)41)15-17-43(51)45-47(53)46(48(45)54)44-18-16-38(52(44)24-26-58-32-34-60-30-28-56-2)14-12-36-20-22-50-42-10-6-4-8-40(36)42/h3-22H,23-34H2,1-2H3/p+1. The Labute approximate surface area is 350 Å². The Morgan fingerprint density at radius 2 is 1.18 bits per heavy atom. The molecule has 310 valence electrons. The first kappa shape index (κ1) is 42.3. The van der Waals surface area contributed by atoms with Gasteiger partial charge in [0.1, 0.15) is 17.9 Å². The zero-order valence-electron chi connectivity index (χ0n) is 34.1. The molecule has 1 N–H and O–H groups in total. The van der Waals surface area contributed by atoms with Gasteiger partial charge >= 0.3 is 0 Å². The molecule has 0 amide bonds. The molecule has 12 nitrogen and oxygen atoms in total. The van der Waals surface area contributed by atoms with Gasteiger partial charge < -0.3 is 38.1 Å². The molecular weight excluding hydrogens is 761 g/mol. The fourth-order valence-corrected chi connectivity index (χ4v) is 7.19. The van der Waals surface area contributed by atoms with Crippen molar-refractivity contribution in [1.29, 1.82) is 0 Å². The summed E-state index contributed by atoms with van der Waals surface area (Å²) in [5, 5.41) is 13.9. The zero-order valence-corrected chi connectivity index (χ0v) is 34.1. The molecule has 0 bridgehead atoms. The molecule has 1 aliphatic heterocycles. The van der Waals surface area contributed by atoms with Gasteiger partial charge in [-0.15, -0.1) is 0 Å². The number of aliphatic hydroxyl groups is 1. The van der Waals surface area contributed by atoms with Gasteiger partial charge in [0, 0.05) is 67.9 Å². The molecule has 12 heteroatoms. The second kappa shape index (κ2) is 21.4. The number of hydrogen-bond acceptors (Lipinski definition) is 10. The summed E-state index contributed by atoms with van der Waals surface area (Å²) in [6.45, 7) is 5.36. The summed E-state index contributed by atoms with van der Waals surface area (Å²) in [5.41, 5.74) is 7.30. The Bertz CT molecular complexity index is 2470. The van der Waals surface area contributed by atoms with Gasteiger partial charge in [0.25, 0.3) is 0 Å². The number of pyridine rings is 2. The van der Waals surface area contributed by atoms with Crippen LogP contribution in [0.25, 0.3) is 45.6 Å². The summed E-state index contributed by atoms with van der Waals surface area (Å²) in [6.07, 6.45) is 15.6. The Balaban J connectivity index is 1.17. The maximum Gasteiger partial charge on any atom is 0.221 e. The van der Waals surface area contributed by atoms with Crippen LogP contribution in [0.5, 0.6) is 0 Å². The molecule has 0 radical (unpaired) electrons. The van der Waals surface area contributed by atoms with Crippen LogP contribution in [0.15, 0.2) is 120 Å². The molecule has 0 unspecified atom stereocenters. The lowest BCUT2D eigenvalue weighted by Crippen LogP contribution is -2.29. The smallest absolute Gasteiger partial charge is 0.221 e. The third kappa shape index (κ3) is 10.1. The van der Waals surface area contributed by atoms with Crippen LogP contribution in [-0.4, -0.2) is 123 Å². The number of Topliss-reactive ketones (excluding diaryl/α,β-unsaturated/α-hetero) is 1. The maximum absolute atomic E-state index is 14.3. The second-order valence-electron chi connectivity index (χ2n) is 14.0. The highest BCUT2D eigenvalue weighted by atomic mass is 16.5. The topological polar surface area (TPSA) is 126 Å². The fraction of sp³-hybridized carbons (Fsp3) is 0.292. The summed E-state index contributed by atoms with van der Waals surface area (Å²) in [5.74, 6) is -0.289. The average molecular weight is 812 g/mol. The molecule has 7 rings (SSSR count). The number of nitrogens with zero attached hydrogens (tertiary/aromatic N) is 4. The van der Waals surface area contributed by atoms with Gasteiger partial charge in [0.2, 0.25) is 17.2 Å². The molecule has 2 aliphatic rings. The monoisotopic (exact) mass is 811 g/mol. The van der Waals surface area contributed by atoms with Gasteiger partial charge in [-0.05, 0) is 59.7 Å². The number of fused-ring (bicyclic) bond motifs is 2. The predicted octanol–water partition coefficient (Wildman–Crippen LogP) is 6.96. The lowest BCUT2D eigenvalue weighted by Gasteiger charge is -2.23. The van der Waals surface area contributed by atoms with E-state index >= 15 is 0 Å². The van der Waals surface area contributed by atoms with Gasteiger partial charge in [-0.25, -0.2) is 0 Å². The van der Waals surface area contributed by atoms with Crippen LogP contribution in [-0.2, 0) is 39.8 Å². The van der Waals surface area contributed by atoms with Crippen molar-refractivity contribution >= 4 is 57.1 Å². The number of benzene rings is 2. The van der Waals surface area contributed by atoms with Crippen molar-refractivity contribution in [3.8, 4) is 0 Å². The Morgan fingerprint density at radius 1 is 0.617 bits per heavy atom.